The maximum absolute atomic E-state index is 10.9. The average Bonchev–Trinajstić information content (AvgIpc) is 2.29. The van der Waals surface area contributed by atoms with E-state index in [4.69, 9.17) is 10.5 Å². The topological polar surface area (TPSA) is 123 Å². The summed E-state index contributed by atoms with van der Waals surface area (Å²) in [5, 5.41) is 23.9. The molecule has 1 rings (SSSR count). The first-order valence-electron chi connectivity index (χ1n) is 4.60. The summed E-state index contributed by atoms with van der Waals surface area (Å²) in [6, 6.07) is 2.58. The molecular weight excluding hydrogens is 260 g/mol. The van der Waals surface area contributed by atoms with E-state index in [-0.39, 0.29) is 22.2 Å². The van der Waals surface area contributed by atoms with Gasteiger partial charge in [0.1, 0.15) is 0 Å². The monoisotopic (exact) mass is 270 g/mol. The van der Waals surface area contributed by atoms with Crippen molar-refractivity contribution in [3.05, 3.63) is 27.8 Å². The number of phenols is 1. The van der Waals surface area contributed by atoms with Crippen molar-refractivity contribution in [2.45, 2.75) is 0 Å². The molecule has 0 bridgehead atoms. The van der Waals surface area contributed by atoms with Gasteiger partial charge in [-0.25, -0.2) is 0 Å². The average molecular weight is 270 g/mol. The van der Waals surface area contributed by atoms with Gasteiger partial charge in [0.25, 0.3) is 0 Å². The summed E-state index contributed by atoms with van der Waals surface area (Å²) in [5.41, 5.74) is 7.15. The zero-order chi connectivity index (χ0) is 13.7. The standard InChI is InChI=1S/C9H10N4O4S/c1-17-8-6(14)3-2-5(7(8)13(15)16)4-11-12-9(10)18/h2-4,14H,1H3,(H3,10,12,18)/b11-4+. The third kappa shape index (κ3) is 3.04. The normalized spacial score (nSPS) is 10.3. The molecule has 1 aromatic carbocycles. The highest BCUT2D eigenvalue weighted by Gasteiger charge is 2.23. The van der Waals surface area contributed by atoms with E-state index in [9.17, 15) is 15.2 Å². The zero-order valence-corrected chi connectivity index (χ0v) is 10.1. The molecule has 8 nitrogen and oxygen atoms in total. The van der Waals surface area contributed by atoms with Crippen molar-refractivity contribution in [2.24, 2.45) is 10.8 Å². The van der Waals surface area contributed by atoms with Crippen molar-refractivity contribution < 1.29 is 14.8 Å². The van der Waals surface area contributed by atoms with Crippen molar-refractivity contribution in [3.8, 4) is 11.5 Å². The summed E-state index contributed by atoms with van der Waals surface area (Å²) in [5.74, 6) is -0.567. The molecule has 0 unspecified atom stereocenters. The fourth-order valence-corrected chi connectivity index (χ4v) is 1.29. The van der Waals surface area contributed by atoms with Crippen LogP contribution in [-0.2, 0) is 0 Å². The van der Waals surface area contributed by atoms with Gasteiger partial charge in [0.05, 0.1) is 23.8 Å². The molecule has 0 atom stereocenters. The zero-order valence-electron chi connectivity index (χ0n) is 9.28. The predicted octanol–water partition coefficient (Wildman–Crippen LogP) is 0.476. The summed E-state index contributed by atoms with van der Waals surface area (Å²) in [7, 11) is 1.22. The molecule has 96 valence electrons. The number of hydrogen-bond donors (Lipinski definition) is 3. The summed E-state index contributed by atoms with van der Waals surface area (Å²) in [4.78, 5) is 10.3. The van der Waals surface area contributed by atoms with Gasteiger partial charge in [-0.05, 0) is 24.4 Å². The molecule has 9 heteroatoms. The van der Waals surface area contributed by atoms with Crippen LogP contribution in [0.4, 0.5) is 5.69 Å². The van der Waals surface area contributed by atoms with Crippen LogP contribution in [0.3, 0.4) is 0 Å². The first kappa shape index (κ1) is 13.6. The fraction of sp³-hybridized carbons (Fsp3) is 0.111. The van der Waals surface area contributed by atoms with Crippen molar-refractivity contribution >= 4 is 29.2 Å². The lowest BCUT2D eigenvalue weighted by Gasteiger charge is -2.05. The molecule has 1 aromatic rings. The molecule has 0 spiro atoms. The summed E-state index contributed by atoms with van der Waals surface area (Å²) in [6.45, 7) is 0. The number of phenolic OH excluding ortho intramolecular Hbond substituents is 1. The highest BCUT2D eigenvalue weighted by atomic mass is 32.1. The molecule has 0 saturated heterocycles. The van der Waals surface area contributed by atoms with E-state index in [1.54, 1.807) is 0 Å². The predicted molar refractivity (Wildman–Crippen MR) is 68.8 cm³/mol. The minimum Gasteiger partial charge on any atom is -0.504 e. The van der Waals surface area contributed by atoms with E-state index < -0.39 is 10.6 Å². The van der Waals surface area contributed by atoms with E-state index in [0.29, 0.717) is 0 Å². The van der Waals surface area contributed by atoms with Crippen molar-refractivity contribution in [3.63, 3.8) is 0 Å². The molecule has 18 heavy (non-hydrogen) atoms. The van der Waals surface area contributed by atoms with Crippen molar-refractivity contribution in [2.75, 3.05) is 7.11 Å². The van der Waals surface area contributed by atoms with Crippen LogP contribution in [0.2, 0.25) is 0 Å². The quantitative estimate of drug-likeness (QED) is 0.314. The second kappa shape index (κ2) is 5.77. The largest absolute Gasteiger partial charge is 0.504 e. The molecule has 0 aromatic heterocycles. The molecule has 0 aliphatic rings. The Morgan fingerprint density at radius 1 is 1.72 bits per heavy atom. The van der Waals surface area contributed by atoms with Gasteiger partial charge >= 0.3 is 5.69 Å². The van der Waals surface area contributed by atoms with Crippen LogP contribution in [0.5, 0.6) is 11.5 Å². The summed E-state index contributed by atoms with van der Waals surface area (Å²) in [6.07, 6.45) is 1.15. The Morgan fingerprint density at radius 3 is 2.89 bits per heavy atom. The molecule has 0 amide bonds. The number of nitrogens with one attached hydrogen (secondary N) is 1. The van der Waals surface area contributed by atoms with Crippen LogP contribution in [0.25, 0.3) is 0 Å². The molecule has 0 saturated carbocycles. The number of methoxy groups -OCH3 is 1. The van der Waals surface area contributed by atoms with Gasteiger partial charge in [0, 0.05) is 0 Å². The number of hydrogen-bond acceptors (Lipinski definition) is 6. The minimum atomic E-state index is -0.680. The van der Waals surface area contributed by atoms with Crippen LogP contribution in [0, 0.1) is 10.1 Å². The van der Waals surface area contributed by atoms with Crippen LogP contribution >= 0.6 is 12.2 Å². The molecule has 0 aliphatic carbocycles. The Bertz CT molecular complexity index is 518. The lowest BCUT2D eigenvalue weighted by molar-refractivity contribution is -0.385. The maximum Gasteiger partial charge on any atom is 0.323 e. The van der Waals surface area contributed by atoms with Crippen molar-refractivity contribution in [1.82, 2.24) is 5.43 Å². The van der Waals surface area contributed by atoms with Crippen LogP contribution in [-0.4, -0.2) is 28.5 Å². The Balaban J connectivity index is 3.23. The van der Waals surface area contributed by atoms with Gasteiger partial charge in [-0.1, -0.05) is 0 Å². The highest BCUT2D eigenvalue weighted by molar-refractivity contribution is 7.80. The third-order valence-electron chi connectivity index (χ3n) is 1.91. The maximum atomic E-state index is 10.9. The van der Waals surface area contributed by atoms with Crippen molar-refractivity contribution in [1.29, 1.82) is 0 Å². The lowest BCUT2D eigenvalue weighted by atomic mass is 10.1. The van der Waals surface area contributed by atoms with E-state index in [1.165, 1.54) is 19.2 Å². The number of benzene rings is 1. The SMILES string of the molecule is COc1c(O)ccc(/C=N/NC(N)=S)c1[N+](=O)[O-]. The Kier molecular flexibility index (Phi) is 4.38. The first-order valence-corrected chi connectivity index (χ1v) is 5.01. The molecule has 0 fully saturated rings. The number of nitro groups is 1. The lowest BCUT2D eigenvalue weighted by Crippen LogP contribution is -2.24. The first-order chi connectivity index (χ1) is 8.47. The smallest absolute Gasteiger partial charge is 0.323 e. The number of aromatic hydroxyl groups is 1. The van der Waals surface area contributed by atoms with Crippen LogP contribution in [0.15, 0.2) is 17.2 Å². The van der Waals surface area contributed by atoms with E-state index in [1.807, 2.05) is 0 Å². The molecule has 0 heterocycles. The number of nitro benzene ring substituents is 1. The van der Waals surface area contributed by atoms with Gasteiger partial charge in [0.15, 0.2) is 10.9 Å². The van der Waals surface area contributed by atoms with Gasteiger partial charge in [-0.3, -0.25) is 15.5 Å². The Labute approximate surface area is 107 Å². The Morgan fingerprint density at radius 2 is 2.39 bits per heavy atom. The number of thiocarbonyl (C=S) groups is 1. The van der Waals surface area contributed by atoms with Gasteiger partial charge in [0.2, 0.25) is 5.75 Å². The van der Waals surface area contributed by atoms with E-state index in [2.05, 4.69) is 22.7 Å². The second-order valence-electron chi connectivity index (χ2n) is 3.05. The molecular formula is C9H10N4O4S. The Hall–Kier alpha value is -2.42. The number of rotatable bonds is 4. The fourth-order valence-electron chi connectivity index (χ4n) is 1.23. The second-order valence-corrected chi connectivity index (χ2v) is 3.49. The highest BCUT2D eigenvalue weighted by Crippen LogP contribution is 2.37. The van der Waals surface area contributed by atoms with Crippen LogP contribution < -0.4 is 15.9 Å². The number of ether oxygens (including phenoxy) is 1. The van der Waals surface area contributed by atoms with Gasteiger partial charge in [-0.2, -0.15) is 5.10 Å². The van der Waals surface area contributed by atoms with E-state index >= 15 is 0 Å². The van der Waals surface area contributed by atoms with Gasteiger partial charge in [-0.15, -0.1) is 0 Å². The summed E-state index contributed by atoms with van der Waals surface area (Å²) >= 11 is 4.52. The molecule has 0 radical (unpaired) electrons. The molecule has 0 aliphatic heterocycles. The number of nitrogens with two attached hydrogens (primary N) is 1. The summed E-state index contributed by atoms with van der Waals surface area (Å²) < 4.78 is 4.78. The number of hydrazone groups is 1. The van der Waals surface area contributed by atoms with Gasteiger partial charge < -0.3 is 15.6 Å². The minimum absolute atomic E-state index is 0.0698. The van der Waals surface area contributed by atoms with Crippen LogP contribution in [0.1, 0.15) is 5.56 Å². The van der Waals surface area contributed by atoms with E-state index in [0.717, 1.165) is 6.21 Å². The third-order valence-corrected chi connectivity index (χ3v) is 2.00. The molecule has 4 N–H and O–H groups in total. The number of nitrogens with zero attached hydrogens (tertiary/aromatic N) is 2.